The summed E-state index contributed by atoms with van der Waals surface area (Å²) in [6.07, 6.45) is 4.93. The van der Waals surface area contributed by atoms with Gasteiger partial charge in [0, 0.05) is 0 Å². The number of rotatable bonds is 3. The molecule has 0 bridgehead atoms. The highest BCUT2D eigenvalue weighted by molar-refractivity contribution is 4.70. The van der Waals surface area contributed by atoms with Crippen molar-refractivity contribution in [3.8, 4) is 0 Å². The molecule has 66 valence electrons. The van der Waals surface area contributed by atoms with Gasteiger partial charge in [0.1, 0.15) is 0 Å². The Kier molecular flexibility index (Phi) is 3.34. The third-order valence-electron chi connectivity index (χ3n) is 2.23. The van der Waals surface area contributed by atoms with Crippen molar-refractivity contribution < 1.29 is 9.84 Å². The highest BCUT2D eigenvalue weighted by Gasteiger charge is 2.21. The molecule has 1 N–H and O–H groups in total. The Bertz CT molecular complexity index is 112. The second-order valence-corrected chi connectivity index (χ2v) is 3.57. The fourth-order valence-electron chi connectivity index (χ4n) is 1.52. The fraction of sp³-hybridized carbons (Fsp3) is 1.00. The zero-order chi connectivity index (χ0) is 8.27. The average Bonchev–Trinajstić information content (AvgIpc) is 2.31. The Balaban J connectivity index is 2.08. The second kappa shape index (κ2) is 4.07. The minimum Gasteiger partial charge on any atom is -0.393 e. The van der Waals surface area contributed by atoms with Crippen LogP contribution >= 0.6 is 0 Å². The van der Waals surface area contributed by atoms with E-state index < -0.39 is 0 Å². The molecule has 2 heteroatoms. The highest BCUT2D eigenvalue weighted by Crippen LogP contribution is 2.22. The monoisotopic (exact) mass is 158 g/mol. The maximum atomic E-state index is 9.02. The molecular formula is C9H18O2. The molecule has 11 heavy (non-hydrogen) atoms. The largest absolute Gasteiger partial charge is 0.393 e. The normalized spacial score (nSPS) is 34.1. The van der Waals surface area contributed by atoms with Crippen molar-refractivity contribution in [3.05, 3.63) is 0 Å². The zero-order valence-electron chi connectivity index (χ0n) is 7.42. The molecule has 0 aromatic heterocycles. The number of hydrogen-bond donors (Lipinski definition) is 1. The van der Waals surface area contributed by atoms with Gasteiger partial charge in [-0.25, -0.2) is 0 Å². The van der Waals surface area contributed by atoms with Gasteiger partial charge < -0.3 is 9.84 Å². The van der Waals surface area contributed by atoms with Gasteiger partial charge in [-0.05, 0) is 39.5 Å². The summed E-state index contributed by atoms with van der Waals surface area (Å²) in [5.74, 6) is 0. The Morgan fingerprint density at radius 2 is 2.27 bits per heavy atom. The van der Waals surface area contributed by atoms with Crippen LogP contribution in [0.2, 0.25) is 0 Å². The van der Waals surface area contributed by atoms with Crippen LogP contribution in [0.1, 0.15) is 39.5 Å². The molecule has 3 atom stereocenters. The van der Waals surface area contributed by atoms with E-state index in [0.717, 1.165) is 12.8 Å². The zero-order valence-corrected chi connectivity index (χ0v) is 7.42. The predicted molar refractivity (Wildman–Crippen MR) is 44.5 cm³/mol. The lowest BCUT2D eigenvalue weighted by molar-refractivity contribution is 0.0411. The molecule has 0 saturated carbocycles. The third-order valence-corrected chi connectivity index (χ3v) is 2.23. The van der Waals surface area contributed by atoms with Crippen molar-refractivity contribution in [1.29, 1.82) is 0 Å². The molecule has 0 radical (unpaired) electrons. The van der Waals surface area contributed by atoms with Crippen LogP contribution in [0, 0.1) is 0 Å². The highest BCUT2D eigenvalue weighted by atomic mass is 16.5. The number of hydrogen-bond acceptors (Lipinski definition) is 2. The molecule has 0 amide bonds. The molecule has 2 nitrogen and oxygen atoms in total. The number of aliphatic hydroxyl groups is 1. The molecule has 3 unspecified atom stereocenters. The quantitative estimate of drug-likeness (QED) is 0.677. The SMILES string of the molecule is CC(O)CCC1CCC(C)O1. The molecule has 0 aromatic carbocycles. The molecule has 1 saturated heterocycles. The number of aliphatic hydroxyl groups excluding tert-OH is 1. The Morgan fingerprint density at radius 3 is 2.73 bits per heavy atom. The number of ether oxygens (including phenoxy) is 1. The summed E-state index contributed by atoms with van der Waals surface area (Å²) in [5, 5.41) is 9.02. The van der Waals surface area contributed by atoms with E-state index in [1.165, 1.54) is 12.8 Å². The molecule has 1 aliphatic heterocycles. The minimum atomic E-state index is -0.172. The fourth-order valence-corrected chi connectivity index (χ4v) is 1.52. The maximum Gasteiger partial charge on any atom is 0.0580 e. The smallest absolute Gasteiger partial charge is 0.0580 e. The molecule has 1 fully saturated rings. The molecular weight excluding hydrogens is 140 g/mol. The summed E-state index contributed by atoms with van der Waals surface area (Å²) in [4.78, 5) is 0. The van der Waals surface area contributed by atoms with Gasteiger partial charge >= 0.3 is 0 Å². The molecule has 0 aromatic rings. The van der Waals surface area contributed by atoms with Gasteiger partial charge in [-0.2, -0.15) is 0 Å². The van der Waals surface area contributed by atoms with Gasteiger partial charge in [0.25, 0.3) is 0 Å². The maximum absolute atomic E-state index is 9.02. The lowest BCUT2D eigenvalue weighted by Gasteiger charge is -2.11. The summed E-state index contributed by atoms with van der Waals surface area (Å²) in [5.41, 5.74) is 0. The van der Waals surface area contributed by atoms with Crippen molar-refractivity contribution in [2.24, 2.45) is 0 Å². The van der Waals surface area contributed by atoms with Crippen LogP contribution in [-0.2, 0) is 4.74 Å². The first-order valence-corrected chi connectivity index (χ1v) is 4.52. The van der Waals surface area contributed by atoms with Crippen LogP contribution < -0.4 is 0 Å². The van der Waals surface area contributed by atoms with Crippen LogP contribution in [0.25, 0.3) is 0 Å². The van der Waals surface area contributed by atoms with Gasteiger partial charge in [-0.1, -0.05) is 0 Å². The summed E-state index contributed by atoms with van der Waals surface area (Å²) in [6.45, 7) is 3.95. The summed E-state index contributed by atoms with van der Waals surface area (Å²) < 4.78 is 5.60. The van der Waals surface area contributed by atoms with E-state index in [2.05, 4.69) is 6.92 Å². The van der Waals surface area contributed by atoms with Crippen molar-refractivity contribution in [2.45, 2.75) is 57.8 Å². The Morgan fingerprint density at radius 1 is 1.55 bits per heavy atom. The van der Waals surface area contributed by atoms with Crippen LogP contribution in [-0.4, -0.2) is 23.4 Å². The molecule has 1 rings (SSSR count). The Hall–Kier alpha value is -0.0800. The van der Waals surface area contributed by atoms with E-state index in [1.54, 1.807) is 0 Å². The lowest BCUT2D eigenvalue weighted by Crippen LogP contribution is -2.11. The average molecular weight is 158 g/mol. The van der Waals surface area contributed by atoms with Gasteiger partial charge in [-0.15, -0.1) is 0 Å². The molecule has 1 aliphatic rings. The minimum absolute atomic E-state index is 0.172. The van der Waals surface area contributed by atoms with Gasteiger partial charge in [0.2, 0.25) is 0 Å². The first-order valence-electron chi connectivity index (χ1n) is 4.52. The van der Waals surface area contributed by atoms with Crippen LogP contribution in [0.4, 0.5) is 0 Å². The van der Waals surface area contributed by atoms with E-state index in [0.29, 0.717) is 12.2 Å². The summed E-state index contributed by atoms with van der Waals surface area (Å²) in [7, 11) is 0. The molecule has 0 aliphatic carbocycles. The Labute approximate surface area is 68.6 Å². The second-order valence-electron chi connectivity index (χ2n) is 3.57. The summed E-state index contributed by atoms with van der Waals surface area (Å²) in [6, 6.07) is 0. The van der Waals surface area contributed by atoms with Crippen LogP contribution in [0.3, 0.4) is 0 Å². The predicted octanol–water partition coefficient (Wildman–Crippen LogP) is 1.71. The van der Waals surface area contributed by atoms with Crippen molar-refractivity contribution in [3.63, 3.8) is 0 Å². The molecule has 0 spiro atoms. The van der Waals surface area contributed by atoms with Crippen LogP contribution in [0.5, 0.6) is 0 Å². The standard InChI is InChI=1S/C9H18O2/c1-7(10)3-5-9-6-4-8(2)11-9/h7-10H,3-6H2,1-2H3. The molecule has 1 heterocycles. The van der Waals surface area contributed by atoms with Gasteiger partial charge in [-0.3, -0.25) is 0 Å². The topological polar surface area (TPSA) is 29.5 Å². The van der Waals surface area contributed by atoms with E-state index in [1.807, 2.05) is 6.92 Å². The van der Waals surface area contributed by atoms with E-state index in [-0.39, 0.29) is 6.10 Å². The van der Waals surface area contributed by atoms with Crippen molar-refractivity contribution in [1.82, 2.24) is 0 Å². The summed E-state index contributed by atoms with van der Waals surface area (Å²) >= 11 is 0. The van der Waals surface area contributed by atoms with Crippen LogP contribution in [0.15, 0.2) is 0 Å². The van der Waals surface area contributed by atoms with Gasteiger partial charge in [0.15, 0.2) is 0 Å². The first kappa shape index (κ1) is 9.01. The first-order chi connectivity index (χ1) is 5.18. The van der Waals surface area contributed by atoms with Crippen molar-refractivity contribution in [2.75, 3.05) is 0 Å². The van der Waals surface area contributed by atoms with E-state index in [4.69, 9.17) is 9.84 Å². The lowest BCUT2D eigenvalue weighted by atomic mass is 10.1. The van der Waals surface area contributed by atoms with Crippen molar-refractivity contribution >= 4 is 0 Å². The van der Waals surface area contributed by atoms with Gasteiger partial charge in [0.05, 0.1) is 18.3 Å². The third kappa shape index (κ3) is 3.21. The van der Waals surface area contributed by atoms with E-state index in [9.17, 15) is 0 Å². The van der Waals surface area contributed by atoms with E-state index >= 15 is 0 Å².